The van der Waals surface area contributed by atoms with Crippen molar-refractivity contribution in [3.63, 3.8) is 0 Å². The molecule has 0 radical (unpaired) electrons. The summed E-state index contributed by atoms with van der Waals surface area (Å²) in [6, 6.07) is 14.1. The molecule has 2 heterocycles. The molecule has 0 amide bonds. The number of nitrogens with one attached hydrogen (secondary N) is 1. The van der Waals surface area contributed by atoms with Crippen LogP contribution in [0.25, 0.3) is 5.82 Å². The first-order chi connectivity index (χ1) is 14.5. The van der Waals surface area contributed by atoms with Gasteiger partial charge < -0.3 is 15.0 Å². The fraction of sp³-hybridized carbons (Fsp3) is 0.348. The summed E-state index contributed by atoms with van der Waals surface area (Å²) >= 11 is 0. The van der Waals surface area contributed by atoms with E-state index in [1.54, 1.807) is 7.11 Å². The summed E-state index contributed by atoms with van der Waals surface area (Å²) in [6.45, 7) is 8.12. The highest BCUT2D eigenvalue weighted by Crippen LogP contribution is 2.19. The lowest BCUT2D eigenvalue weighted by molar-refractivity contribution is 0.396. The minimum atomic E-state index is 0.545. The second-order valence-electron chi connectivity index (χ2n) is 7.20. The maximum Gasteiger partial charge on any atom is 0.194 e. The van der Waals surface area contributed by atoms with Gasteiger partial charge in [0.05, 0.1) is 19.3 Å². The third-order valence-electron chi connectivity index (χ3n) is 4.74. The van der Waals surface area contributed by atoms with E-state index in [0.717, 1.165) is 46.6 Å². The number of benzene rings is 1. The van der Waals surface area contributed by atoms with E-state index >= 15 is 0 Å². The molecule has 0 aliphatic rings. The van der Waals surface area contributed by atoms with Gasteiger partial charge in [0.1, 0.15) is 5.75 Å². The SMILES string of the molecule is CCNC(=NCc1ccc(-n2nc(C)cc2C)nc1)N(C)Cc1ccccc1OC. The normalized spacial score (nSPS) is 11.4. The number of pyridine rings is 1. The van der Waals surface area contributed by atoms with Crippen molar-refractivity contribution in [2.45, 2.75) is 33.9 Å². The van der Waals surface area contributed by atoms with Crippen molar-refractivity contribution in [2.75, 3.05) is 20.7 Å². The van der Waals surface area contributed by atoms with Crippen LogP contribution in [0.1, 0.15) is 29.4 Å². The fourth-order valence-electron chi connectivity index (χ4n) is 3.30. The van der Waals surface area contributed by atoms with E-state index in [0.29, 0.717) is 13.1 Å². The van der Waals surface area contributed by atoms with E-state index in [2.05, 4.69) is 33.3 Å². The van der Waals surface area contributed by atoms with Crippen LogP contribution in [0.4, 0.5) is 0 Å². The average molecular weight is 407 g/mol. The van der Waals surface area contributed by atoms with Gasteiger partial charge in [-0.15, -0.1) is 0 Å². The number of guanidine groups is 1. The Kier molecular flexibility index (Phi) is 7.06. The number of aromatic nitrogens is 3. The van der Waals surface area contributed by atoms with Gasteiger partial charge >= 0.3 is 0 Å². The molecule has 0 unspecified atom stereocenters. The van der Waals surface area contributed by atoms with Crippen LogP contribution in [-0.4, -0.2) is 46.3 Å². The summed E-state index contributed by atoms with van der Waals surface area (Å²) in [4.78, 5) is 11.4. The molecule has 7 heteroatoms. The van der Waals surface area contributed by atoms with Crippen molar-refractivity contribution in [3.05, 3.63) is 71.2 Å². The smallest absolute Gasteiger partial charge is 0.194 e. The Morgan fingerprint density at radius 1 is 1.20 bits per heavy atom. The zero-order valence-corrected chi connectivity index (χ0v) is 18.4. The highest BCUT2D eigenvalue weighted by atomic mass is 16.5. The van der Waals surface area contributed by atoms with E-state index in [-0.39, 0.29) is 0 Å². The number of aryl methyl sites for hydroxylation is 2. The van der Waals surface area contributed by atoms with Crippen LogP contribution in [0.2, 0.25) is 0 Å². The molecular formula is C23H30N6O. The molecule has 3 aromatic rings. The Hall–Kier alpha value is -3.35. The van der Waals surface area contributed by atoms with Crippen LogP contribution in [0.5, 0.6) is 5.75 Å². The van der Waals surface area contributed by atoms with E-state index in [1.165, 1.54) is 0 Å². The van der Waals surface area contributed by atoms with Gasteiger partial charge in [0.2, 0.25) is 0 Å². The van der Waals surface area contributed by atoms with Crippen LogP contribution in [0.15, 0.2) is 53.7 Å². The summed E-state index contributed by atoms with van der Waals surface area (Å²) in [5.74, 6) is 2.53. The lowest BCUT2D eigenvalue weighted by Gasteiger charge is -2.23. The topological polar surface area (TPSA) is 67.6 Å². The maximum atomic E-state index is 5.47. The van der Waals surface area contributed by atoms with Gasteiger partial charge in [-0.05, 0) is 44.5 Å². The molecule has 0 bridgehead atoms. The lowest BCUT2D eigenvalue weighted by atomic mass is 10.2. The van der Waals surface area contributed by atoms with Crippen LogP contribution in [0, 0.1) is 13.8 Å². The van der Waals surface area contributed by atoms with Crippen molar-refractivity contribution in [1.82, 2.24) is 25.0 Å². The highest BCUT2D eigenvalue weighted by Gasteiger charge is 2.10. The number of aliphatic imine (C=N–C) groups is 1. The molecule has 0 aliphatic heterocycles. The fourth-order valence-corrected chi connectivity index (χ4v) is 3.30. The van der Waals surface area contributed by atoms with Gasteiger partial charge in [-0.1, -0.05) is 24.3 Å². The van der Waals surface area contributed by atoms with Crippen LogP contribution < -0.4 is 10.1 Å². The minimum absolute atomic E-state index is 0.545. The number of hydrogen-bond acceptors (Lipinski definition) is 4. The van der Waals surface area contributed by atoms with E-state index in [1.807, 2.05) is 68.2 Å². The minimum Gasteiger partial charge on any atom is -0.496 e. The van der Waals surface area contributed by atoms with Gasteiger partial charge in [-0.3, -0.25) is 0 Å². The van der Waals surface area contributed by atoms with Gasteiger partial charge in [0, 0.05) is 37.6 Å². The Balaban J connectivity index is 1.71. The molecule has 0 spiro atoms. The van der Waals surface area contributed by atoms with Crippen molar-refractivity contribution in [3.8, 4) is 11.6 Å². The van der Waals surface area contributed by atoms with Gasteiger partial charge in [-0.2, -0.15) is 5.10 Å². The summed E-state index contributed by atoms with van der Waals surface area (Å²) in [6.07, 6.45) is 1.86. The summed E-state index contributed by atoms with van der Waals surface area (Å²) in [7, 11) is 3.72. The number of ether oxygens (including phenoxy) is 1. The molecule has 0 saturated heterocycles. The predicted molar refractivity (Wildman–Crippen MR) is 120 cm³/mol. The number of rotatable bonds is 7. The largest absolute Gasteiger partial charge is 0.496 e. The van der Waals surface area contributed by atoms with Crippen molar-refractivity contribution in [2.24, 2.45) is 4.99 Å². The third-order valence-corrected chi connectivity index (χ3v) is 4.74. The Morgan fingerprint density at radius 3 is 2.63 bits per heavy atom. The highest BCUT2D eigenvalue weighted by molar-refractivity contribution is 5.79. The summed E-state index contributed by atoms with van der Waals surface area (Å²) in [5, 5.41) is 7.84. The second-order valence-corrected chi connectivity index (χ2v) is 7.20. The first kappa shape index (κ1) is 21.4. The number of nitrogens with zero attached hydrogens (tertiary/aromatic N) is 5. The average Bonchev–Trinajstić information content (AvgIpc) is 3.09. The van der Waals surface area contributed by atoms with Gasteiger partial charge in [-0.25, -0.2) is 14.7 Å². The molecule has 0 atom stereocenters. The van der Waals surface area contributed by atoms with Gasteiger partial charge in [0.15, 0.2) is 11.8 Å². The zero-order chi connectivity index (χ0) is 21.5. The Bertz CT molecular complexity index is 993. The number of hydrogen-bond donors (Lipinski definition) is 1. The van der Waals surface area contributed by atoms with Crippen molar-refractivity contribution in [1.29, 1.82) is 0 Å². The Morgan fingerprint density at radius 2 is 2.00 bits per heavy atom. The van der Waals surface area contributed by atoms with E-state index in [4.69, 9.17) is 9.73 Å². The molecule has 0 aliphatic carbocycles. The molecule has 30 heavy (non-hydrogen) atoms. The first-order valence-corrected chi connectivity index (χ1v) is 10.1. The second kappa shape index (κ2) is 9.91. The molecule has 1 N–H and O–H groups in total. The predicted octanol–water partition coefficient (Wildman–Crippen LogP) is 3.49. The maximum absolute atomic E-state index is 5.47. The standard InChI is InChI=1S/C23H30N6O/c1-6-24-23(28(4)16-20-9-7-8-10-21(20)30-5)26-15-19-11-12-22(25-14-19)29-18(3)13-17(2)27-29/h7-14H,6,15-16H2,1-5H3,(H,24,26). The molecule has 2 aromatic heterocycles. The lowest BCUT2D eigenvalue weighted by Crippen LogP contribution is -2.38. The first-order valence-electron chi connectivity index (χ1n) is 10.1. The molecular weight excluding hydrogens is 376 g/mol. The molecule has 3 rings (SSSR count). The van der Waals surface area contributed by atoms with E-state index < -0.39 is 0 Å². The van der Waals surface area contributed by atoms with Crippen LogP contribution in [-0.2, 0) is 13.1 Å². The number of para-hydroxylation sites is 1. The Labute approximate surface area is 178 Å². The molecule has 158 valence electrons. The molecule has 1 aromatic carbocycles. The van der Waals surface area contributed by atoms with E-state index in [9.17, 15) is 0 Å². The van der Waals surface area contributed by atoms with Crippen LogP contribution in [0.3, 0.4) is 0 Å². The van der Waals surface area contributed by atoms with Crippen molar-refractivity contribution < 1.29 is 4.74 Å². The van der Waals surface area contributed by atoms with Gasteiger partial charge in [0.25, 0.3) is 0 Å². The van der Waals surface area contributed by atoms with Crippen LogP contribution >= 0.6 is 0 Å². The summed E-state index contributed by atoms with van der Waals surface area (Å²) < 4.78 is 7.33. The van der Waals surface area contributed by atoms with Crippen molar-refractivity contribution >= 4 is 5.96 Å². The summed E-state index contributed by atoms with van der Waals surface area (Å²) in [5.41, 5.74) is 4.21. The third kappa shape index (κ3) is 5.17. The molecule has 0 saturated carbocycles. The zero-order valence-electron chi connectivity index (χ0n) is 18.4. The quantitative estimate of drug-likeness (QED) is 0.481. The molecule has 0 fully saturated rings. The molecule has 7 nitrogen and oxygen atoms in total. The number of methoxy groups -OCH3 is 1. The monoisotopic (exact) mass is 406 g/mol.